The Bertz CT molecular complexity index is 393. The number of carbonyl (C=O) groups is 1. The molecule has 1 aromatic rings. The van der Waals surface area contributed by atoms with Crippen molar-refractivity contribution in [1.82, 2.24) is 10.6 Å². The summed E-state index contributed by atoms with van der Waals surface area (Å²) in [4.78, 5) is 11.9. The summed E-state index contributed by atoms with van der Waals surface area (Å²) < 4.78 is 0. The lowest BCUT2D eigenvalue weighted by atomic mass is 9.96. The standard InChI is InChI=1S/C16H26N2O2/c1-4-8-14(19)11-17-16(20)18-15(12(2)3)13-9-6-5-7-10-13/h5-7,9-10,12,14-15,19H,4,8,11H2,1-3H3,(H2,17,18,20). The van der Waals surface area contributed by atoms with Crippen LogP contribution in [0.15, 0.2) is 30.3 Å². The smallest absolute Gasteiger partial charge is 0.315 e. The zero-order valence-electron chi connectivity index (χ0n) is 12.6. The predicted octanol–water partition coefficient (Wildman–Crippen LogP) is 2.84. The second-order valence-corrected chi connectivity index (χ2v) is 5.43. The third-order valence-electron chi connectivity index (χ3n) is 3.23. The van der Waals surface area contributed by atoms with Crippen molar-refractivity contribution in [2.24, 2.45) is 5.92 Å². The lowest BCUT2D eigenvalue weighted by Gasteiger charge is -2.23. The Morgan fingerprint density at radius 1 is 1.25 bits per heavy atom. The molecular weight excluding hydrogens is 252 g/mol. The normalized spacial score (nSPS) is 13.8. The number of nitrogens with one attached hydrogen (secondary N) is 2. The second-order valence-electron chi connectivity index (χ2n) is 5.43. The molecule has 0 aromatic heterocycles. The first-order valence-corrected chi connectivity index (χ1v) is 7.32. The van der Waals surface area contributed by atoms with Gasteiger partial charge in [0.25, 0.3) is 0 Å². The molecule has 0 radical (unpaired) electrons. The SMILES string of the molecule is CCCC(O)CNC(=O)NC(c1ccccc1)C(C)C. The predicted molar refractivity (Wildman–Crippen MR) is 81.5 cm³/mol. The van der Waals surface area contributed by atoms with E-state index in [1.54, 1.807) is 0 Å². The fourth-order valence-electron chi connectivity index (χ4n) is 2.13. The van der Waals surface area contributed by atoms with Crippen LogP contribution in [0, 0.1) is 5.92 Å². The molecule has 4 nitrogen and oxygen atoms in total. The highest BCUT2D eigenvalue weighted by atomic mass is 16.3. The van der Waals surface area contributed by atoms with Gasteiger partial charge in [-0.1, -0.05) is 57.5 Å². The van der Waals surface area contributed by atoms with Gasteiger partial charge < -0.3 is 15.7 Å². The molecule has 0 bridgehead atoms. The molecule has 0 aliphatic heterocycles. The molecule has 112 valence electrons. The van der Waals surface area contributed by atoms with E-state index in [1.807, 2.05) is 37.3 Å². The quantitative estimate of drug-likeness (QED) is 0.718. The average molecular weight is 278 g/mol. The minimum Gasteiger partial charge on any atom is -0.391 e. The van der Waals surface area contributed by atoms with Gasteiger partial charge in [0.1, 0.15) is 0 Å². The van der Waals surface area contributed by atoms with Gasteiger partial charge in [-0.15, -0.1) is 0 Å². The maximum atomic E-state index is 11.9. The molecule has 2 amide bonds. The molecular formula is C16H26N2O2. The van der Waals surface area contributed by atoms with Crippen LogP contribution in [0.25, 0.3) is 0 Å². The number of benzene rings is 1. The Labute approximate surface area is 121 Å². The first-order valence-electron chi connectivity index (χ1n) is 7.32. The molecule has 0 fully saturated rings. The minimum atomic E-state index is -0.472. The summed E-state index contributed by atoms with van der Waals surface area (Å²) >= 11 is 0. The number of aliphatic hydroxyl groups is 1. The van der Waals surface area contributed by atoms with Crippen LogP contribution in [-0.4, -0.2) is 23.8 Å². The third-order valence-corrected chi connectivity index (χ3v) is 3.23. The summed E-state index contributed by atoms with van der Waals surface area (Å²) in [5.74, 6) is 0.295. The number of rotatable bonds is 7. The van der Waals surface area contributed by atoms with Crippen molar-refractivity contribution in [3.05, 3.63) is 35.9 Å². The van der Waals surface area contributed by atoms with Gasteiger partial charge in [-0.3, -0.25) is 0 Å². The van der Waals surface area contributed by atoms with E-state index in [2.05, 4.69) is 24.5 Å². The molecule has 1 aromatic carbocycles. The van der Waals surface area contributed by atoms with Crippen LogP contribution in [0.5, 0.6) is 0 Å². The second kappa shape index (κ2) is 8.59. The van der Waals surface area contributed by atoms with Crippen LogP contribution in [0.1, 0.15) is 45.2 Å². The summed E-state index contributed by atoms with van der Waals surface area (Å²) in [5, 5.41) is 15.3. The lowest BCUT2D eigenvalue weighted by molar-refractivity contribution is 0.159. The molecule has 0 saturated carbocycles. The van der Waals surface area contributed by atoms with E-state index in [0.717, 1.165) is 12.0 Å². The topological polar surface area (TPSA) is 61.4 Å². The minimum absolute atomic E-state index is 0.0282. The first kappa shape index (κ1) is 16.5. The Kier molecular flexibility index (Phi) is 7.09. The van der Waals surface area contributed by atoms with E-state index < -0.39 is 6.10 Å². The Morgan fingerprint density at radius 2 is 1.90 bits per heavy atom. The molecule has 0 spiro atoms. The summed E-state index contributed by atoms with van der Waals surface area (Å²) in [6, 6.07) is 9.66. The van der Waals surface area contributed by atoms with Crippen molar-refractivity contribution in [3.8, 4) is 0 Å². The Morgan fingerprint density at radius 3 is 2.45 bits per heavy atom. The van der Waals surface area contributed by atoms with Crippen LogP contribution in [0.4, 0.5) is 4.79 Å². The molecule has 0 aliphatic rings. The van der Waals surface area contributed by atoms with E-state index in [1.165, 1.54) is 0 Å². The largest absolute Gasteiger partial charge is 0.391 e. The van der Waals surface area contributed by atoms with Crippen molar-refractivity contribution in [2.75, 3.05) is 6.54 Å². The summed E-state index contributed by atoms with van der Waals surface area (Å²) in [7, 11) is 0. The summed E-state index contributed by atoms with van der Waals surface area (Å²) in [5.41, 5.74) is 1.09. The number of hydrogen-bond donors (Lipinski definition) is 3. The number of urea groups is 1. The van der Waals surface area contributed by atoms with E-state index >= 15 is 0 Å². The number of hydrogen-bond acceptors (Lipinski definition) is 2. The Hall–Kier alpha value is -1.55. The van der Waals surface area contributed by atoms with Crippen molar-refractivity contribution < 1.29 is 9.90 Å². The monoisotopic (exact) mass is 278 g/mol. The van der Waals surface area contributed by atoms with Crippen molar-refractivity contribution in [1.29, 1.82) is 0 Å². The number of amides is 2. The molecule has 4 heteroatoms. The van der Waals surface area contributed by atoms with Gasteiger partial charge in [0, 0.05) is 6.54 Å². The van der Waals surface area contributed by atoms with Crippen LogP contribution in [0.2, 0.25) is 0 Å². The van der Waals surface area contributed by atoms with Gasteiger partial charge in [0.15, 0.2) is 0 Å². The van der Waals surface area contributed by atoms with E-state index in [-0.39, 0.29) is 12.1 Å². The average Bonchev–Trinajstić information content (AvgIpc) is 2.43. The van der Waals surface area contributed by atoms with E-state index in [9.17, 15) is 9.90 Å². The molecule has 2 unspecified atom stereocenters. The number of carbonyl (C=O) groups excluding carboxylic acids is 1. The van der Waals surface area contributed by atoms with Crippen molar-refractivity contribution in [3.63, 3.8) is 0 Å². The molecule has 0 saturated heterocycles. The fourth-order valence-corrected chi connectivity index (χ4v) is 2.13. The first-order chi connectivity index (χ1) is 9.54. The van der Waals surface area contributed by atoms with E-state index in [4.69, 9.17) is 0 Å². The third kappa shape index (κ3) is 5.61. The van der Waals surface area contributed by atoms with Crippen molar-refractivity contribution >= 4 is 6.03 Å². The molecule has 1 rings (SSSR count). The summed E-state index contributed by atoms with van der Waals surface area (Å²) in [6.45, 7) is 6.44. The van der Waals surface area contributed by atoms with Crippen molar-refractivity contribution in [2.45, 2.75) is 45.8 Å². The van der Waals surface area contributed by atoms with Crippen LogP contribution < -0.4 is 10.6 Å². The molecule has 0 aliphatic carbocycles. The molecule has 0 heterocycles. The lowest BCUT2D eigenvalue weighted by Crippen LogP contribution is -2.42. The summed E-state index contributed by atoms with van der Waals surface area (Å²) in [6.07, 6.45) is 1.13. The zero-order valence-corrected chi connectivity index (χ0v) is 12.6. The van der Waals surface area contributed by atoms with E-state index in [0.29, 0.717) is 18.9 Å². The van der Waals surface area contributed by atoms with Crippen LogP contribution >= 0.6 is 0 Å². The van der Waals surface area contributed by atoms with Gasteiger partial charge in [0.05, 0.1) is 12.1 Å². The maximum absolute atomic E-state index is 11.9. The highest BCUT2D eigenvalue weighted by molar-refractivity contribution is 5.74. The maximum Gasteiger partial charge on any atom is 0.315 e. The highest BCUT2D eigenvalue weighted by Gasteiger charge is 2.18. The fraction of sp³-hybridized carbons (Fsp3) is 0.562. The van der Waals surface area contributed by atoms with Gasteiger partial charge in [-0.25, -0.2) is 4.79 Å². The van der Waals surface area contributed by atoms with Crippen LogP contribution in [0.3, 0.4) is 0 Å². The highest BCUT2D eigenvalue weighted by Crippen LogP contribution is 2.20. The van der Waals surface area contributed by atoms with Crippen LogP contribution in [-0.2, 0) is 0 Å². The zero-order chi connectivity index (χ0) is 15.0. The molecule has 20 heavy (non-hydrogen) atoms. The molecule has 2 atom stereocenters. The van der Waals surface area contributed by atoms with Gasteiger partial charge in [0.2, 0.25) is 0 Å². The van der Waals surface area contributed by atoms with Gasteiger partial charge >= 0.3 is 6.03 Å². The number of aliphatic hydroxyl groups excluding tert-OH is 1. The van der Waals surface area contributed by atoms with Gasteiger partial charge in [-0.2, -0.15) is 0 Å². The molecule has 3 N–H and O–H groups in total. The Balaban J connectivity index is 2.52. The van der Waals surface area contributed by atoms with Gasteiger partial charge in [-0.05, 0) is 17.9 Å².